The lowest BCUT2D eigenvalue weighted by Gasteiger charge is -2.30. The minimum atomic E-state index is 0.0135. The Labute approximate surface area is 206 Å². The lowest BCUT2D eigenvalue weighted by atomic mass is 9.97. The Morgan fingerprint density at radius 2 is 1.83 bits per heavy atom. The highest BCUT2D eigenvalue weighted by molar-refractivity contribution is 5.94. The number of aromatic nitrogens is 3. The molecule has 2 fully saturated rings. The average molecular weight is 465 g/mol. The van der Waals surface area contributed by atoms with Crippen LogP contribution in [0.4, 0.5) is 5.82 Å². The number of pyridine rings is 1. The third-order valence-corrected chi connectivity index (χ3v) is 7.44. The van der Waals surface area contributed by atoms with Crippen LogP contribution in [-0.4, -0.2) is 40.1 Å². The van der Waals surface area contributed by atoms with Crippen LogP contribution in [-0.2, 0) is 0 Å². The monoisotopic (exact) mass is 464 g/mol. The summed E-state index contributed by atoms with van der Waals surface area (Å²) in [5.41, 5.74) is 12.4. The largest absolute Gasteiger partial charge is 0.350 e. The van der Waals surface area contributed by atoms with Gasteiger partial charge in [0.05, 0.1) is 11.2 Å². The number of hydrogen-bond donors (Lipinski definition) is 2. The molecule has 2 aliphatic rings. The van der Waals surface area contributed by atoms with Gasteiger partial charge in [0, 0.05) is 53.9 Å². The van der Waals surface area contributed by atoms with Crippen molar-refractivity contribution in [2.24, 2.45) is 5.73 Å². The fourth-order valence-electron chi connectivity index (χ4n) is 5.51. The SMILES string of the molecule is CC(C)c1cccc2nc(-c3ccnc(-c4ccc([C@H](C)N)cc4)c3)nc(N3C[C@@H]4C[C@H]3CN4)c12. The minimum absolute atomic E-state index is 0.0135. The highest BCUT2D eigenvalue weighted by Crippen LogP contribution is 2.38. The molecule has 3 atom stereocenters. The van der Waals surface area contributed by atoms with E-state index in [0.29, 0.717) is 18.0 Å². The molecule has 35 heavy (non-hydrogen) atoms. The van der Waals surface area contributed by atoms with Gasteiger partial charge in [-0.25, -0.2) is 9.97 Å². The van der Waals surface area contributed by atoms with Crippen LogP contribution in [0.15, 0.2) is 60.8 Å². The summed E-state index contributed by atoms with van der Waals surface area (Å²) < 4.78 is 0. The van der Waals surface area contributed by atoms with E-state index in [0.717, 1.165) is 52.6 Å². The predicted octanol–water partition coefficient (Wildman–Crippen LogP) is 5.05. The summed E-state index contributed by atoms with van der Waals surface area (Å²) in [6.07, 6.45) is 3.03. The van der Waals surface area contributed by atoms with E-state index in [-0.39, 0.29) is 6.04 Å². The molecule has 0 unspecified atom stereocenters. The number of benzene rings is 2. The molecular formula is C29H32N6. The van der Waals surface area contributed by atoms with Crippen molar-refractivity contribution in [1.82, 2.24) is 20.3 Å². The van der Waals surface area contributed by atoms with Gasteiger partial charge in [0.25, 0.3) is 0 Å². The van der Waals surface area contributed by atoms with Crippen molar-refractivity contribution >= 4 is 16.7 Å². The van der Waals surface area contributed by atoms with Gasteiger partial charge in [0.1, 0.15) is 5.82 Å². The lowest BCUT2D eigenvalue weighted by molar-refractivity contribution is 0.577. The Bertz CT molecular complexity index is 1380. The maximum absolute atomic E-state index is 6.03. The average Bonchev–Trinajstić information content (AvgIpc) is 3.52. The van der Waals surface area contributed by atoms with Crippen LogP contribution in [0.3, 0.4) is 0 Å². The van der Waals surface area contributed by atoms with Crippen LogP contribution in [0.2, 0.25) is 0 Å². The quantitative estimate of drug-likeness (QED) is 0.430. The van der Waals surface area contributed by atoms with Gasteiger partial charge in [-0.15, -0.1) is 0 Å². The van der Waals surface area contributed by atoms with Gasteiger partial charge in [0.2, 0.25) is 0 Å². The number of nitrogens with one attached hydrogen (secondary N) is 1. The van der Waals surface area contributed by atoms with Crippen molar-refractivity contribution in [1.29, 1.82) is 0 Å². The van der Waals surface area contributed by atoms with Crippen molar-refractivity contribution in [2.75, 3.05) is 18.0 Å². The Morgan fingerprint density at radius 1 is 1.00 bits per heavy atom. The first-order valence-corrected chi connectivity index (χ1v) is 12.6. The molecule has 6 nitrogen and oxygen atoms in total. The van der Waals surface area contributed by atoms with E-state index in [4.69, 9.17) is 15.7 Å². The van der Waals surface area contributed by atoms with E-state index < -0.39 is 0 Å². The Hall–Kier alpha value is -3.35. The third kappa shape index (κ3) is 3.97. The van der Waals surface area contributed by atoms with Gasteiger partial charge in [-0.1, -0.05) is 50.2 Å². The molecule has 0 aliphatic carbocycles. The van der Waals surface area contributed by atoms with Crippen LogP contribution < -0.4 is 16.0 Å². The van der Waals surface area contributed by atoms with Crippen LogP contribution in [0.25, 0.3) is 33.5 Å². The molecule has 0 amide bonds. The highest BCUT2D eigenvalue weighted by Gasteiger charge is 2.39. The Kier molecular flexibility index (Phi) is 5.50. The van der Waals surface area contributed by atoms with Crippen LogP contribution in [0, 0.1) is 0 Å². The zero-order valence-corrected chi connectivity index (χ0v) is 20.6. The molecule has 0 saturated carbocycles. The minimum Gasteiger partial charge on any atom is -0.350 e. The molecule has 0 spiro atoms. The van der Waals surface area contributed by atoms with Crippen LogP contribution in [0.5, 0.6) is 0 Å². The van der Waals surface area contributed by atoms with Gasteiger partial charge in [0.15, 0.2) is 5.82 Å². The molecule has 6 heteroatoms. The molecule has 2 aromatic heterocycles. The summed E-state index contributed by atoms with van der Waals surface area (Å²) >= 11 is 0. The molecule has 0 radical (unpaired) electrons. The van der Waals surface area contributed by atoms with Crippen LogP contribution in [0.1, 0.15) is 50.3 Å². The van der Waals surface area contributed by atoms with Crippen molar-refractivity contribution in [3.8, 4) is 22.6 Å². The number of piperazine rings is 1. The highest BCUT2D eigenvalue weighted by atomic mass is 15.3. The fourth-order valence-corrected chi connectivity index (χ4v) is 5.51. The Balaban J connectivity index is 1.47. The first kappa shape index (κ1) is 22.1. The molecule has 2 saturated heterocycles. The molecule has 2 bridgehead atoms. The second-order valence-electron chi connectivity index (χ2n) is 10.3. The van der Waals surface area contributed by atoms with Gasteiger partial charge >= 0.3 is 0 Å². The topological polar surface area (TPSA) is 80.0 Å². The summed E-state index contributed by atoms with van der Waals surface area (Å²) in [6.45, 7) is 8.50. The van der Waals surface area contributed by atoms with Gasteiger partial charge in [-0.3, -0.25) is 4.98 Å². The number of fused-ring (bicyclic) bond motifs is 3. The maximum Gasteiger partial charge on any atom is 0.162 e. The van der Waals surface area contributed by atoms with E-state index in [1.807, 2.05) is 19.2 Å². The number of nitrogens with two attached hydrogens (primary N) is 1. The number of nitrogens with zero attached hydrogens (tertiary/aromatic N) is 4. The first-order chi connectivity index (χ1) is 17.0. The van der Waals surface area contributed by atoms with E-state index >= 15 is 0 Å². The molecule has 6 rings (SSSR count). The zero-order valence-electron chi connectivity index (χ0n) is 20.6. The Morgan fingerprint density at radius 3 is 2.51 bits per heavy atom. The number of hydrogen-bond acceptors (Lipinski definition) is 6. The zero-order chi connectivity index (χ0) is 24.1. The van der Waals surface area contributed by atoms with E-state index in [9.17, 15) is 0 Å². The van der Waals surface area contributed by atoms with Gasteiger partial charge in [-0.05, 0) is 48.6 Å². The lowest BCUT2D eigenvalue weighted by Crippen LogP contribution is -2.44. The number of anilines is 1. The normalized spacial score (nSPS) is 20.2. The van der Waals surface area contributed by atoms with Crippen LogP contribution >= 0.6 is 0 Å². The summed E-state index contributed by atoms with van der Waals surface area (Å²) in [5.74, 6) is 2.22. The van der Waals surface area contributed by atoms with Crippen molar-refractivity contribution < 1.29 is 0 Å². The second kappa shape index (κ2) is 8.70. The first-order valence-electron chi connectivity index (χ1n) is 12.6. The van der Waals surface area contributed by atoms with Crippen molar-refractivity contribution in [2.45, 2.75) is 51.2 Å². The number of rotatable bonds is 5. The third-order valence-electron chi connectivity index (χ3n) is 7.44. The molecule has 4 heterocycles. The van der Waals surface area contributed by atoms with Crippen molar-refractivity contribution in [3.05, 3.63) is 71.9 Å². The molecular weight excluding hydrogens is 432 g/mol. The summed E-state index contributed by atoms with van der Waals surface area (Å²) in [4.78, 5) is 17.4. The van der Waals surface area contributed by atoms with Crippen molar-refractivity contribution in [3.63, 3.8) is 0 Å². The summed E-state index contributed by atoms with van der Waals surface area (Å²) in [6, 6.07) is 19.9. The molecule has 178 valence electrons. The van der Waals surface area contributed by atoms with Gasteiger partial charge in [-0.2, -0.15) is 0 Å². The van der Waals surface area contributed by atoms with E-state index in [1.165, 1.54) is 17.4 Å². The molecule has 2 aromatic carbocycles. The standard InChI is InChI=1S/C29H32N6/c1-17(2)24-5-4-6-25-27(24)29(35-16-22-14-23(35)15-32-22)34-28(33-25)21-11-12-31-26(13-21)20-9-7-19(8-10-20)18(3)30/h4-13,17-18,22-23,32H,14-16,30H2,1-3H3/t18-,22-,23-/m0/s1. The van der Waals surface area contributed by atoms with E-state index in [2.05, 4.69) is 77.6 Å². The maximum atomic E-state index is 6.03. The van der Waals surface area contributed by atoms with Gasteiger partial charge < -0.3 is 16.0 Å². The molecule has 2 aliphatic heterocycles. The summed E-state index contributed by atoms with van der Waals surface area (Å²) in [5, 5.41) is 4.82. The predicted molar refractivity (Wildman–Crippen MR) is 142 cm³/mol. The smallest absolute Gasteiger partial charge is 0.162 e. The fraction of sp³-hybridized carbons (Fsp3) is 0.345. The second-order valence-corrected chi connectivity index (χ2v) is 10.3. The molecule has 4 aromatic rings. The molecule has 3 N–H and O–H groups in total. The van der Waals surface area contributed by atoms with E-state index in [1.54, 1.807) is 0 Å². The summed E-state index contributed by atoms with van der Waals surface area (Å²) in [7, 11) is 0.